The standard InChI is InChI=1S/C13H12INO2/c1-7-5-15-8(2)6-17-11-4-9(14)3-10(12(11)15)13(7)16/h3-5,8H,6H2,1-2H3. The molecule has 0 fully saturated rings. The lowest BCUT2D eigenvalue weighted by Gasteiger charge is -2.27. The molecule has 1 aliphatic rings. The van der Waals surface area contributed by atoms with Crippen LogP contribution in [0.4, 0.5) is 0 Å². The molecule has 0 amide bonds. The Balaban J connectivity index is 2.56. The number of aromatic nitrogens is 1. The molecular formula is C13H12INO2. The zero-order chi connectivity index (χ0) is 12.2. The van der Waals surface area contributed by atoms with E-state index >= 15 is 0 Å². The summed E-state index contributed by atoms with van der Waals surface area (Å²) < 4.78 is 8.91. The van der Waals surface area contributed by atoms with Crippen LogP contribution in [0.15, 0.2) is 23.1 Å². The first-order valence-electron chi connectivity index (χ1n) is 5.55. The van der Waals surface area contributed by atoms with Crippen molar-refractivity contribution in [2.45, 2.75) is 19.9 Å². The SMILES string of the molecule is Cc1cn2c3c(cc(I)cc3c1=O)OCC2C. The van der Waals surface area contributed by atoms with E-state index in [-0.39, 0.29) is 11.5 Å². The van der Waals surface area contributed by atoms with Crippen molar-refractivity contribution in [1.29, 1.82) is 0 Å². The van der Waals surface area contributed by atoms with E-state index in [9.17, 15) is 4.79 Å². The molecular weight excluding hydrogens is 329 g/mol. The Labute approximate surface area is 113 Å². The predicted molar refractivity (Wildman–Crippen MR) is 75.9 cm³/mol. The third kappa shape index (κ3) is 1.57. The van der Waals surface area contributed by atoms with Gasteiger partial charge in [0.05, 0.1) is 16.9 Å². The van der Waals surface area contributed by atoms with E-state index in [2.05, 4.69) is 34.1 Å². The van der Waals surface area contributed by atoms with E-state index in [4.69, 9.17) is 4.74 Å². The first kappa shape index (κ1) is 11.1. The van der Waals surface area contributed by atoms with E-state index in [1.54, 1.807) is 0 Å². The maximum atomic E-state index is 12.2. The number of ether oxygens (including phenoxy) is 1. The van der Waals surface area contributed by atoms with Crippen LogP contribution in [-0.2, 0) is 0 Å². The first-order valence-corrected chi connectivity index (χ1v) is 6.63. The molecule has 0 saturated carbocycles. The lowest BCUT2D eigenvalue weighted by atomic mass is 10.1. The number of hydrogen-bond donors (Lipinski definition) is 0. The fourth-order valence-corrected chi connectivity index (χ4v) is 2.90. The third-order valence-corrected chi connectivity index (χ3v) is 3.81. The van der Waals surface area contributed by atoms with E-state index in [1.165, 1.54) is 0 Å². The van der Waals surface area contributed by atoms with Gasteiger partial charge in [-0.2, -0.15) is 0 Å². The molecule has 0 radical (unpaired) electrons. The van der Waals surface area contributed by atoms with Crippen LogP contribution >= 0.6 is 22.6 Å². The van der Waals surface area contributed by atoms with E-state index in [0.29, 0.717) is 6.61 Å². The fourth-order valence-electron chi connectivity index (χ4n) is 2.31. The highest BCUT2D eigenvalue weighted by Gasteiger charge is 2.20. The van der Waals surface area contributed by atoms with Gasteiger partial charge >= 0.3 is 0 Å². The molecule has 3 rings (SSSR count). The lowest BCUT2D eigenvalue weighted by Crippen LogP contribution is -2.24. The van der Waals surface area contributed by atoms with Gasteiger partial charge in [0.25, 0.3) is 0 Å². The quantitative estimate of drug-likeness (QED) is 0.690. The highest BCUT2D eigenvalue weighted by Crippen LogP contribution is 2.32. The minimum atomic E-state index is 0.105. The second-order valence-corrected chi connectivity index (χ2v) is 5.75. The number of nitrogens with zero attached hydrogens (tertiary/aromatic N) is 1. The summed E-state index contributed by atoms with van der Waals surface area (Å²) in [7, 11) is 0. The molecule has 1 aromatic carbocycles. The zero-order valence-corrected chi connectivity index (χ0v) is 11.8. The average molecular weight is 341 g/mol. The van der Waals surface area contributed by atoms with Crippen LogP contribution < -0.4 is 10.2 Å². The minimum absolute atomic E-state index is 0.105. The number of halogens is 1. The molecule has 2 aromatic rings. The van der Waals surface area contributed by atoms with Crippen LogP contribution in [0.25, 0.3) is 10.9 Å². The molecule has 1 aliphatic heterocycles. The molecule has 2 heterocycles. The van der Waals surface area contributed by atoms with Gasteiger partial charge in [0.1, 0.15) is 12.4 Å². The molecule has 4 heteroatoms. The summed E-state index contributed by atoms with van der Waals surface area (Å²) in [6, 6.07) is 4.19. The molecule has 3 nitrogen and oxygen atoms in total. The van der Waals surface area contributed by atoms with Gasteiger partial charge in [0, 0.05) is 15.3 Å². The summed E-state index contributed by atoms with van der Waals surface area (Å²) >= 11 is 2.22. The highest BCUT2D eigenvalue weighted by molar-refractivity contribution is 14.1. The van der Waals surface area contributed by atoms with Crippen LogP contribution in [0.3, 0.4) is 0 Å². The van der Waals surface area contributed by atoms with Gasteiger partial charge in [-0.25, -0.2) is 0 Å². The van der Waals surface area contributed by atoms with Crippen molar-refractivity contribution in [1.82, 2.24) is 4.57 Å². The summed E-state index contributed by atoms with van der Waals surface area (Å²) in [6.07, 6.45) is 1.94. The molecule has 17 heavy (non-hydrogen) atoms. The summed E-state index contributed by atoms with van der Waals surface area (Å²) in [5, 5.41) is 0.762. The van der Waals surface area contributed by atoms with Gasteiger partial charge in [0.15, 0.2) is 5.43 Å². The Morgan fingerprint density at radius 3 is 3.00 bits per heavy atom. The Kier molecular flexibility index (Phi) is 2.43. The number of benzene rings is 1. The minimum Gasteiger partial charge on any atom is -0.489 e. The Hall–Kier alpha value is -1.04. The van der Waals surface area contributed by atoms with Gasteiger partial charge in [0.2, 0.25) is 0 Å². The number of aryl methyl sites for hydroxylation is 1. The Morgan fingerprint density at radius 2 is 2.24 bits per heavy atom. The maximum absolute atomic E-state index is 12.2. The fraction of sp³-hybridized carbons (Fsp3) is 0.308. The molecule has 0 spiro atoms. The summed E-state index contributed by atoms with van der Waals surface area (Å²) in [4.78, 5) is 12.2. The molecule has 1 atom stereocenters. The smallest absolute Gasteiger partial charge is 0.192 e. The molecule has 0 saturated heterocycles. The van der Waals surface area contributed by atoms with Crippen molar-refractivity contribution in [3.8, 4) is 5.75 Å². The molecule has 1 unspecified atom stereocenters. The van der Waals surface area contributed by atoms with Crippen molar-refractivity contribution in [3.05, 3.63) is 37.7 Å². The second kappa shape index (κ2) is 3.73. The first-order chi connectivity index (χ1) is 8.08. The van der Waals surface area contributed by atoms with Crippen LogP contribution in [-0.4, -0.2) is 11.2 Å². The second-order valence-electron chi connectivity index (χ2n) is 4.51. The van der Waals surface area contributed by atoms with Gasteiger partial charge in [-0.05, 0) is 48.6 Å². The van der Waals surface area contributed by atoms with E-state index in [0.717, 1.165) is 25.8 Å². The monoisotopic (exact) mass is 341 g/mol. The van der Waals surface area contributed by atoms with Gasteiger partial charge in [-0.3, -0.25) is 4.79 Å². The van der Waals surface area contributed by atoms with Gasteiger partial charge in [-0.1, -0.05) is 0 Å². The average Bonchev–Trinajstić information content (AvgIpc) is 2.29. The molecule has 0 aliphatic carbocycles. The number of pyridine rings is 1. The summed E-state index contributed by atoms with van der Waals surface area (Å²) in [6.45, 7) is 4.63. The van der Waals surface area contributed by atoms with Crippen LogP contribution in [0.5, 0.6) is 5.75 Å². The van der Waals surface area contributed by atoms with Crippen LogP contribution in [0.2, 0.25) is 0 Å². The summed E-state index contributed by atoms with van der Waals surface area (Å²) in [5.74, 6) is 0.821. The van der Waals surface area contributed by atoms with Crippen molar-refractivity contribution < 1.29 is 4.74 Å². The van der Waals surface area contributed by atoms with E-state index in [1.807, 2.05) is 25.3 Å². The van der Waals surface area contributed by atoms with Crippen molar-refractivity contribution in [3.63, 3.8) is 0 Å². The van der Waals surface area contributed by atoms with Crippen LogP contribution in [0.1, 0.15) is 18.5 Å². The topological polar surface area (TPSA) is 31.2 Å². The molecule has 0 N–H and O–H groups in total. The predicted octanol–water partition coefficient (Wildman–Crippen LogP) is 2.87. The molecule has 88 valence electrons. The lowest BCUT2D eigenvalue weighted by molar-refractivity contribution is 0.247. The zero-order valence-electron chi connectivity index (χ0n) is 9.66. The van der Waals surface area contributed by atoms with Crippen LogP contribution in [0, 0.1) is 10.5 Å². The van der Waals surface area contributed by atoms with Crippen molar-refractivity contribution in [2.24, 2.45) is 0 Å². The Morgan fingerprint density at radius 1 is 1.47 bits per heavy atom. The largest absolute Gasteiger partial charge is 0.489 e. The molecule has 0 bridgehead atoms. The van der Waals surface area contributed by atoms with Gasteiger partial charge in [-0.15, -0.1) is 0 Å². The number of hydrogen-bond acceptors (Lipinski definition) is 2. The third-order valence-electron chi connectivity index (χ3n) is 3.19. The number of rotatable bonds is 0. The highest BCUT2D eigenvalue weighted by atomic mass is 127. The normalized spacial score (nSPS) is 18.2. The maximum Gasteiger partial charge on any atom is 0.192 e. The van der Waals surface area contributed by atoms with E-state index < -0.39 is 0 Å². The van der Waals surface area contributed by atoms with Crippen molar-refractivity contribution >= 4 is 33.5 Å². The Bertz CT molecular complexity index is 675. The van der Waals surface area contributed by atoms with Gasteiger partial charge < -0.3 is 9.30 Å². The van der Waals surface area contributed by atoms with Crippen molar-refractivity contribution in [2.75, 3.05) is 6.61 Å². The summed E-state index contributed by atoms with van der Waals surface area (Å²) in [5.41, 5.74) is 1.83. The molecule has 1 aromatic heterocycles.